The summed E-state index contributed by atoms with van der Waals surface area (Å²) < 4.78 is 7.80. The molecule has 2 aliphatic heterocycles. The van der Waals surface area contributed by atoms with Gasteiger partial charge in [-0.05, 0) is 48.7 Å². The van der Waals surface area contributed by atoms with Crippen LogP contribution in [0.5, 0.6) is 0 Å². The largest absolute Gasteiger partial charge is 0.396 e. The van der Waals surface area contributed by atoms with Crippen LogP contribution in [0.25, 0.3) is 11.2 Å². The number of tetrazole rings is 1. The number of ether oxygens (including phenoxy) is 1. The predicted molar refractivity (Wildman–Crippen MR) is 182 cm³/mol. The number of nitrogens with zero attached hydrogens (tertiary/aromatic N) is 9. The van der Waals surface area contributed by atoms with Crippen molar-refractivity contribution < 1.29 is 20.1 Å². The predicted octanol–water partition coefficient (Wildman–Crippen LogP) is 2.33. The summed E-state index contributed by atoms with van der Waals surface area (Å²) in [5.74, 6) is 1.14. The molecule has 5 N–H and O–H groups in total. The van der Waals surface area contributed by atoms with Crippen molar-refractivity contribution in [3.05, 3.63) is 83.9 Å². The van der Waals surface area contributed by atoms with Gasteiger partial charge in [0.15, 0.2) is 29.3 Å². The van der Waals surface area contributed by atoms with Gasteiger partial charge in [0.25, 0.3) is 0 Å². The van der Waals surface area contributed by atoms with Gasteiger partial charge in [0, 0.05) is 32.2 Å². The second-order valence-electron chi connectivity index (χ2n) is 12.6. The topological polar surface area (TPSA) is 184 Å². The van der Waals surface area contributed by atoms with Gasteiger partial charge >= 0.3 is 0 Å². The lowest BCUT2D eigenvalue weighted by molar-refractivity contribution is -0.0384. The van der Waals surface area contributed by atoms with Crippen LogP contribution in [0.1, 0.15) is 60.9 Å². The Kier molecular flexibility index (Phi) is 10.3. The molecule has 2 saturated heterocycles. The molecule has 2 aromatic carbocycles. The van der Waals surface area contributed by atoms with E-state index in [4.69, 9.17) is 19.8 Å². The van der Waals surface area contributed by atoms with Crippen LogP contribution in [-0.2, 0) is 11.3 Å². The third kappa shape index (κ3) is 7.40. The lowest BCUT2D eigenvalue weighted by atomic mass is 9.91. The molecular weight excluding hydrogens is 626 g/mol. The fraction of sp³-hybridized carbons (Fsp3) is 0.471. The van der Waals surface area contributed by atoms with Crippen LogP contribution < -0.4 is 10.6 Å². The Morgan fingerprint density at radius 1 is 0.878 bits per heavy atom. The summed E-state index contributed by atoms with van der Waals surface area (Å²) in [4.78, 5) is 18.2. The zero-order chi connectivity index (χ0) is 33.6. The van der Waals surface area contributed by atoms with Gasteiger partial charge in [0.2, 0.25) is 11.8 Å². The second kappa shape index (κ2) is 15.3. The Balaban J connectivity index is 1.18. The number of piperidine rings is 1. The summed E-state index contributed by atoms with van der Waals surface area (Å²) in [5.41, 5.74) is 3.27. The fourth-order valence-electron chi connectivity index (χ4n) is 6.59. The van der Waals surface area contributed by atoms with Crippen LogP contribution in [0, 0.1) is 0 Å². The van der Waals surface area contributed by atoms with Crippen LogP contribution in [0.2, 0.25) is 0 Å². The zero-order valence-electron chi connectivity index (χ0n) is 27.3. The Labute approximate surface area is 284 Å². The summed E-state index contributed by atoms with van der Waals surface area (Å²) >= 11 is 0. The molecule has 0 spiro atoms. The standard InChI is InChI=1S/C34H43N11O4/c46-20-10-18-45-41-31(40-42-45)29-27(47)28(48)33(49-29)44-22-37-26-30(38-34(39-32(26)44)35-15-19-43-16-8-3-9-17-43)36-21-25(23-11-4-1-5-12-23)24-13-6-2-7-14-24/h1-2,4-7,11-14,22,25,27-29,33,46-48H,3,8-10,15-21H2,(H2,35,36,38,39). The summed E-state index contributed by atoms with van der Waals surface area (Å²) in [7, 11) is 0. The maximum absolute atomic E-state index is 11.2. The molecule has 3 aromatic heterocycles. The first kappa shape index (κ1) is 33.0. The molecule has 258 valence electrons. The maximum Gasteiger partial charge on any atom is 0.226 e. The molecule has 5 heterocycles. The van der Waals surface area contributed by atoms with Crippen molar-refractivity contribution in [3.63, 3.8) is 0 Å². The molecule has 4 atom stereocenters. The smallest absolute Gasteiger partial charge is 0.226 e. The van der Waals surface area contributed by atoms with Crippen LogP contribution in [-0.4, -0.2) is 111 Å². The first-order valence-corrected chi connectivity index (χ1v) is 17.0. The maximum atomic E-state index is 11.2. The third-order valence-corrected chi connectivity index (χ3v) is 9.21. The minimum atomic E-state index is -1.32. The van der Waals surface area contributed by atoms with E-state index in [1.165, 1.54) is 35.2 Å². The van der Waals surface area contributed by atoms with Gasteiger partial charge < -0.3 is 35.6 Å². The number of aliphatic hydroxyl groups is 3. The number of aliphatic hydroxyl groups excluding tert-OH is 3. The molecule has 7 rings (SSSR count). The van der Waals surface area contributed by atoms with Crippen molar-refractivity contribution in [1.29, 1.82) is 0 Å². The molecule has 2 fully saturated rings. The highest BCUT2D eigenvalue weighted by atomic mass is 16.6. The van der Waals surface area contributed by atoms with Crippen molar-refractivity contribution in [2.45, 2.75) is 62.7 Å². The summed E-state index contributed by atoms with van der Waals surface area (Å²) in [6.07, 6.45) is 1.000. The quantitative estimate of drug-likeness (QED) is 0.116. The average molecular weight is 670 g/mol. The van der Waals surface area contributed by atoms with Crippen molar-refractivity contribution in [1.82, 2.24) is 44.6 Å². The molecule has 4 unspecified atom stereocenters. The molecule has 0 bridgehead atoms. The van der Waals surface area contributed by atoms with E-state index in [1.807, 2.05) is 36.4 Å². The van der Waals surface area contributed by atoms with E-state index in [0.717, 1.165) is 19.6 Å². The third-order valence-electron chi connectivity index (χ3n) is 9.21. The highest BCUT2D eigenvalue weighted by molar-refractivity contribution is 5.84. The molecule has 0 aliphatic carbocycles. The van der Waals surface area contributed by atoms with Crippen LogP contribution in [0.4, 0.5) is 11.8 Å². The highest BCUT2D eigenvalue weighted by Gasteiger charge is 2.47. The first-order valence-electron chi connectivity index (χ1n) is 17.0. The normalized spacial score (nSPS) is 21.5. The lowest BCUT2D eigenvalue weighted by Crippen LogP contribution is -2.34. The van der Waals surface area contributed by atoms with Gasteiger partial charge in [-0.25, -0.2) is 4.98 Å². The second-order valence-corrected chi connectivity index (χ2v) is 12.6. The summed E-state index contributed by atoms with van der Waals surface area (Å²) in [6.45, 7) is 4.61. The van der Waals surface area contributed by atoms with E-state index in [1.54, 1.807) is 10.9 Å². The number of benzene rings is 2. The number of aromatic nitrogens is 8. The first-order chi connectivity index (χ1) is 24.1. The van der Waals surface area contributed by atoms with E-state index >= 15 is 0 Å². The lowest BCUT2D eigenvalue weighted by Gasteiger charge is -2.26. The number of anilines is 2. The SMILES string of the molecule is OCCCn1nnc(C2OC(n3cnc4c(NCC(c5ccccc5)c5ccccc5)nc(NCCN5CCCCC5)nc43)C(O)C2O)n1. The van der Waals surface area contributed by atoms with E-state index < -0.39 is 24.5 Å². The van der Waals surface area contributed by atoms with E-state index in [9.17, 15) is 10.2 Å². The Hall–Kier alpha value is -4.54. The zero-order valence-corrected chi connectivity index (χ0v) is 27.3. The van der Waals surface area contributed by atoms with Gasteiger partial charge in [0.1, 0.15) is 12.2 Å². The monoisotopic (exact) mass is 669 g/mol. The van der Waals surface area contributed by atoms with Gasteiger partial charge in [-0.15, -0.1) is 10.2 Å². The van der Waals surface area contributed by atoms with Gasteiger partial charge in [0.05, 0.1) is 12.9 Å². The Morgan fingerprint density at radius 2 is 1.61 bits per heavy atom. The van der Waals surface area contributed by atoms with Crippen LogP contribution in [0.3, 0.4) is 0 Å². The molecule has 0 radical (unpaired) electrons. The summed E-state index contributed by atoms with van der Waals surface area (Å²) in [5, 5.41) is 50.7. The fourth-order valence-corrected chi connectivity index (χ4v) is 6.59. The van der Waals surface area contributed by atoms with Crippen molar-refractivity contribution in [2.24, 2.45) is 0 Å². The van der Waals surface area contributed by atoms with E-state index in [-0.39, 0.29) is 18.3 Å². The number of hydrogen-bond acceptors (Lipinski definition) is 13. The highest BCUT2D eigenvalue weighted by Crippen LogP contribution is 2.39. The number of aryl methyl sites for hydroxylation is 1. The van der Waals surface area contributed by atoms with Gasteiger partial charge in [-0.2, -0.15) is 14.8 Å². The molecular formula is C34H43N11O4. The van der Waals surface area contributed by atoms with Gasteiger partial charge in [-0.3, -0.25) is 4.57 Å². The van der Waals surface area contributed by atoms with Crippen LogP contribution >= 0.6 is 0 Å². The average Bonchev–Trinajstić information content (AvgIpc) is 3.86. The van der Waals surface area contributed by atoms with Crippen molar-refractivity contribution >= 4 is 22.9 Å². The molecule has 0 saturated carbocycles. The van der Waals surface area contributed by atoms with Crippen LogP contribution in [0.15, 0.2) is 67.0 Å². The number of fused-ring (bicyclic) bond motifs is 1. The van der Waals surface area contributed by atoms with E-state index in [2.05, 4.69) is 60.2 Å². The number of nitrogens with one attached hydrogen (secondary N) is 2. The van der Waals surface area contributed by atoms with E-state index in [0.29, 0.717) is 49.0 Å². The molecule has 2 aliphatic rings. The number of likely N-dealkylation sites (tertiary alicyclic amines) is 1. The van der Waals surface area contributed by atoms with Gasteiger partial charge in [-0.1, -0.05) is 67.1 Å². The molecule has 5 aromatic rings. The number of hydrogen-bond donors (Lipinski definition) is 5. The number of imidazole rings is 1. The van der Waals surface area contributed by atoms with Crippen molar-refractivity contribution in [3.8, 4) is 0 Å². The molecule has 0 amide bonds. The number of rotatable bonds is 14. The Morgan fingerprint density at radius 3 is 2.33 bits per heavy atom. The molecule has 15 heteroatoms. The molecule has 49 heavy (non-hydrogen) atoms. The minimum absolute atomic E-state index is 0.0130. The minimum Gasteiger partial charge on any atom is -0.396 e. The Bertz CT molecular complexity index is 1740. The van der Waals surface area contributed by atoms with Crippen molar-refractivity contribution in [2.75, 3.05) is 50.0 Å². The summed E-state index contributed by atoms with van der Waals surface area (Å²) in [6, 6.07) is 20.7. The molecule has 15 nitrogen and oxygen atoms in total.